The van der Waals surface area contributed by atoms with Crippen LogP contribution in [0.3, 0.4) is 0 Å². The normalized spacial score (nSPS) is 14.0. The van der Waals surface area contributed by atoms with Crippen molar-refractivity contribution in [1.29, 1.82) is 0 Å². The first-order chi connectivity index (χ1) is 16.2. The van der Waals surface area contributed by atoms with Gasteiger partial charge in [0.25, 0.3) is 11.8 Å². The van der Waals surface area contributed by atoms with Crippen LogP contribution < -0.4 is 0 Å². The van der Waals surface area contributed by atoms with Crippen molar-refractivity contribution in [1.82, 2.24) is 20.0 Å². The van der Waals surface area contributed by atoms with Gasteiger partial charge in [-0.2, -0.15) is 10.1 Å². The second kappa shape index (κ2) is 6.37. The summed E-state index contributed by atoms with van der Waals surface area (Å²) in [6.45, 7) is 0. The number of H-pyrrole nitrogens is 2. The average Bonchev–Trinajstić information content (AvgIpc) is 3.49. The Hall–Kier alpha value is -4.78. The van der Waals surface area contributed by atoms with E-state index in [1.165, 1.54) is 6.21 Å². The second-order valence-electron chi connectivity index (χ2n) is 8.04. The number of hydrogen-bond donors (Lipinski definition) is 2. The largest absolute Gasteiger partial charge is 0.353 e. The lowest BCUT2D eigenvalue weighted by molar-refractivity contribution is 0.0661. The number of nitrogens with zero attached hydrogens (tertiary/aromatic N) is 3. The standard InChI is InChI=1S/C26H15N5O2/c32-25-21-19-15-7-1-3-9-17(15)29-23(19)24-20(16-8-2-4-10-18(16)30-24)22(21)26(33)31(25)28-13-14-6-5-11-27-12-14/h1-13,29-30H/b28-13+. The van der Waals surface area contributed by atoms with Crippen molar-refractivity contribution in [2.24, 2.45) is 5.10 Å². The number of hydrogen-bond acceptors (Lipinski definition) is 4. The van der Waals surface area contributed by atoms with E-state index in [9.17, 15) is 9.59 Å². The molecule has 1 aliphatic rings. The number of carbonyl (C=O) groups excluding carboxylic acids is 2. The van der Waals surface area contributed by atoms with Crippen LogP contribution in [0.5, 0.6) is 0 Å². The summed E-state index contributed by atoms with van der Waals surface area (Å²) in [4.78, 5) is 38.2. The summed E-state index contributed by atoms with van der Waals surface area (Å²) >= 11 is 0. The van der Waals surface area contributed by atoms with E-state index in [0.29, 0.717) is 16.7 Å². The molecular weight excluding hydrogens is 414 g/mol. The Bertz CT molecular complexity index is 1700. The number of aromatic amines is 2. The zero-order chi connectivity index (χ0) is 22.1. The molecule has 6 aromatic rings. The number of fused-ring (bicyclic) bond motifs is 10. The Kier molecular flexibility index (Phi) is 3.44. The highest BCUT2D eigenvalue weighted by Crippen LogP contribution is 2.43. The van der Waals surface area contributed by atoms with E-state index in [1.807, 2.05) is 54.6 Å². The van der Waals surface area contributed by atoms with Crippen LogP contribution in [0, 0.1) is 0 Å². The summed E-state index contributed by atoms with van der Waals surface area (Å²) in [6, 6.07) is 19.2. The third-order valence-corrected chi connectivity index (χ3v) is 6.23. The minimum absolute atomic E-state index is 0.382. The molecule has 33 heavy (non-hydrogen) atoms. The third-order valence-electron chi connectivity index (χ3n) is 6.23. The summed E-state index contributed by atoms with van der Waals surface area (Å²) in [5.41, 5.74) is 4.88. The first-order valence-electron chi connectivity index (χ1n) is 10.5. The van der Waals surface area contributed by atoms with Crippen molar-refractivity contribution < 1.29 is 9.59 Å². The molecule has 3 aromatic carbocycles. The molecule has 7 heteroatoms. The van der Waals surface area contributed by atoms with Crippen molar-refractivity contribution >= 4 is 61.6 Å². The molecule has 0 spiro atoms. The number of imide groups is 1. The Labute approximate surface area is 186 Å². The molecule has 0 radical (unpaired) electrons. The highest BCUT2D eigenvalue weighted by Gasteiger charge is 2.41. The van der Waals surface area contributed by atoms with Gasteiger partial charge in [0.05, 0.1) is 28.4 Å². The smallest absolute Gasteiger partial charge is 0.283 e. The minimum atomic E-state index is -0.433. The van der Waals surface area contributed by atoms with Gasteiger partial charge >= 0.3 is 0 Å². The van der Waals surface area contributed by atoms with E-state index in [-0.39, 0.29) is 0 Å². The molecule has 4 heterocycles. The lowest BCUT2D eigenvalue weighted by Crippen LogP contribution is -2.24. The van der Waals surface area contributed by atoms with Gasteiger partial charge in [0.2, 0.25) is 0 Å². The van der Waals surface area contributed by atoms with Gasteiger partial charge in [-0.25, -0.2) is 0 Å². The van der Waals surface area contributed by atoms with Crippen LogP contribution in [0.1, 0.15) is 26.3 Å². The van der Waals surface area contributed by atoms with E-state index in [1.54, 1.807) is 18.5 Å². The van der Waals surface area contributed by atoms with E-state index in [2.05, 4.69) is 20.1 Å². The molecule has 0 bridgehead atoms. The zero-order valence-electron chi connectivity index (χ0n) is 17.2. The first-order valence-corrected chi connectivity index (χ1v) is 10.5. The van der Waals surface area contributed by atoms with Crippen molar-refractivity contribution in [3.8, 4) is 0 Å². The fourth-order valence-corrected chi connectivity index (χ4v) is 4.84. The number of para-hydroxylation sites is 2. The first kappa shape index (κ1) is 17.9. The molecule has 1 aliphatic heterocycles. The van der Waals surface area contributed by atoms with Crippen LogP contribution in [-0.2, 0) is 0 Å². The van der Waals surface area contributed by atoms with E-state index in [0.717, 1.165) is 48.6 Å². The van der Waals surface area contributed by atoms with Gasteiger partial charge in [-0.3, -0.25) is 14.6 Å². The maximum absolute atomic E-state index is 13.6. The van der Waals surface area contributed by atoms with Gasteiger partial charge in [-0.1, -0.05) is 42.5 Å². The maximum atomic E-state index is 13.6. The fourth-order valence-electron chi connectivity index (χ4n) is 4.84. The Morgan fingerprint density at radius 2 is 1.33 bits per heavy atom. The zero-order valence-corrected chi connectivity index (χ0v) is 17.2. The van der Waals surface area contributed by atoms with E-state index < -0.39 is 11.8 Å². The number of aromatic nitrogens is 3. The van der Waals surface area contributed by atoms with E-state index >= 15 is 0 Å². The topological polar surface area (TPSA) is 94.2 Å². The maximum Gasteiger partial charge on any atom is 0.283 e. The minimum Gasteiger partial charge on any atom is -0.353 e. The van der Waals surface area contributed by atoms with Crippen molar-refractivity contribution in [2.75, 3.05) is 0 Å². The molecule has 156 valence electrons. The summed E-state index contributed by atoms with van der Waals surface area (Å²) in [6.07, 6.45) is 4.76. The molecule has 2 amide bonds. The van der Waals surface area contributed by atoms with Gasteiger partial charge in [0, 0.05) is 50.5 Å². The van der Waals surface area contributed by atoms with Gasteiger partial charge in [0.1, 0.15) is 0 Å². The highest BCUT2D eigenvalue weighted by atomic mass is 16.2. The monoisotopic (exact) mass is 429 g/mol. The predicted molar refractivity (Wildman–Crippen MR) is 127 cm³/mol. The Morgan fingerprint density at radius 3 is 1.88 bits per heavy atom. The average molecular weight is 429 g/mol. The molecule has 0 fully saturated rings. The molecule has 0 saturated heterocycles. The molecular formula is C26H15N5O2. The lowest BCUT2D eigenvalue weighted by Gasteiger charge is -2.05. The summed E-state index contributed by atoms with van der Waals surface area (Å²) in [5.74, 6) is -0.867. The number of carbonyl (C=O) groups is 2. The number of rotatable bonds is 2. The van der Waals surface area contributed by atoms with Crippen LogP contribution in [-0.4, -0.2) is 38.0 Å². The van der Waals surface area contributed by atoms with Crippen LogP contribution in [0.2, 0.25) is 0 Å². The number of benzene rings is 3. The molecule has 7 nitrogen and oxygen atoms in total. The number of nitrogens with one attached hydrogen (secondary N) is 2. The lowest BCUT2D eigenvalue weighted by atomic mass is 9.97. The van der Waals surface area contributed by atoms with Gasteiger partial charge in [0.15, 0.2) is 0 Å². The van der Waals surface area contributed by atoms with E-state index in [4.69, 9.17) is 0 Å². The van der Waals surface area contributed by atoms with Crippen molar-refractivity contribution in [2.45, 2.75) is 0 Å². The van der Waals surface area contributed by atoms with Gasteiger partial charge < -0.3 is 9.97 Å². The van der Waals surface area contributed by atoms with Crippen molar-refractivity contribution in [3.63, 3.8) is 0 Å². The summed E-state index contributed by atoms with van der Waals surface area (Å²) in [7, 11) is 0. The highest BCUT2D eigenvalue weighted by molar-refractivity contribution is 6.39. The van der Waals surface area contributed by atoms with Crippen LogP contribution >= 0.6 is 0 Å². The second-order valence-corrected chi connectivity index (χ2v) is 8.04. The van der Waals surface area contributed by atoms with Crippen LogP contribution in [0.15, 0.2) is 78.2 Å². The predicted octanol–water partition coefficient (Wildman–Crippen LogP) is 4.98. The molecule has 0 aliphatic carbocycles. The third kappa shape index (κ3) is 2.33. The van der Waals surface area contributed by atoms with Crippen molar-refractivity contribution in [3.05, 3.63) is 89.7 Å². The van der Waals surface area contributed by atoms with Crippen LogP contribution in [0.25, 0.3) is 43.6 Å². The molecule has 0 saturated carbocycles. The SMILES string of the molecule is O=C1c2c(c3c4ccccc4[nH]c3c3[nH]c4ccccc4c23)C(=O)N1/N=C/c1cccnc1. The molecule has 7 rings (SSSR count). The fraction of sp³-hybridized carbons (Fsp3) is 0. The summed E-state index contributed by atoms with van der Waals surface area (Å²) in [5, 5.41) is 8.47. The van der Waals surface area contributed by atoms with Gasteiger partial charge in [-0.15, -0.1) is 0 Å². The quantitative estimate of drug-likeness (QED) is 0.300. The molecule has 3 aromatic heterocycles. The number of amides is 2. The Balaban J connectivity index is 1.59. The van der Waals surface area contributed by atoms with Gasteiger partial charge in [-0.05, 0) is 18.2 Å². The summed E-state index contributed by atoms with van der Waals surface area (Å²) < 4.78 is 0. The molecule has 2 N–H and O–H groups in total. The molecule has 0 unspecified atom stereocenters. The Morgan fingerprint density at radius 1 is 0.758 bits per heavy atom. The number of pyridine rings is 1. The molecule has 0 atom stereocenters. The van der Waals surface area contributed by atoms with Crippen LogP contribution in [0.4, 0.5) is 0 Å². The number of hydrazone groups is 1.